The smallest absolute Gasteiger partial charge is 0.430 e. The number of hydrogen-bond acceptors (Lipinski definition) is 10. The molecule has 0 radical (unpaired) electrons. The van der Waals surface area contributed by atoms with Gasteiger partial charge >= 0.3 is 6.16 Å². The minimum absolute atomic E-state index is 0.445. The predicted octanol–water partition coefficient (Wildman–Crippen LogP) is 2.54. The summed E-state index contributed by atoms with van der Waals surface area (Å²) in [6.45, 7) is 4.50. The molecule has 4 heterocycles. The Balaban J connectivity index is 1.69. The van der Waals surface area contributed by atoms with Crippen LogP contribution in [0, 0.1) is 11.3 Å². The number of halogens is 1. The highest BCUT2D eigenvalue weighted by molar-refractivity contribution is 6.19. The second-order valence-corrected chi connectivity index (χ2v) is 9.22. The van der Waals surface area contributed by atoms with E-state index in [4.69, 9.17) is 35.3 Å². The highest BCUT2D eigenvalue weighted by Crippen LogP contribution is 2.50. The number of hydrogen-bond donors (Lipinski definition) is 0. The largest absolute Gasteiger partial charge is 0.509 e. The summed E-state index contributed by atoms with van der Waals surface area (Å²) in [6.07, 6.45) is -0.304. The number of nitrogens with zero attached hydrogens (tertiary/aromatic N) is 6. The first-order valence-corrected chi connectivity index (χ1v) is 10.9. The topological polar surface area (TPSA) is 133 Å². The molecular weight excluding hydrogens is 468 g/mol. The monoisotopic (exact) mass is 492 g/mol. The van der Waals surface area contributed by atoms with Gasteiger partial charge in [-0.3, -0.25) is 0 Å². The molecule has 2 aliphatic heterocycles. The lowest BCUT2D eigenvalue weighted by Crippen LogP contribution is -2.46. The van der Waals surface area contributed by atoms with Gasteiger partial charge in [-0.2, -0.15) is 10.4 Å². The third kappa shape index (κ3) is 4.52. The fraction of sp³-hybridized carbons (Fsp3) is 0.571. The summed E-state index contributed by atoms with van der Waals surface area (Å²) in [4.78, 5) is 22.3. The van der Waals surface area contributed by atoms with Crippen molar-refractivity contribution in [3.63, 3.8) is 0 Å². The maximum Gasteiger partial charge on any atom is 0.509 e. The van der Waals surface area contributed by atoms with Gasteiger partial charge in [0, 0.05) is 14.1 Å². The first kappa shape index (κ1) is 24.2. The third-order valence-corrected chi connectivity index (χ3v) is 5.33. The van der Waals surface area contributed by atoms with Crippen LogP contribution in [0.5, 0.6) is 0 Å². The summed E-state index contributed by atoms with van der Waals surface area (Å²) < 4.78 is 29.9. The molecule has 5 atom stereocenters. The minimum atomic E-state index is -1.65. The maximum absolute atomic E-state index is 11.9. The highest BCUT2D eigenvalue weighted by atomic mass is 35.5. The number of aromatic nitrogens is 3. The molecule has 34 heavy (non-hydrogen) atoms. The van der Waals surface area contributed by atoms with E-state index in [0.717, 1.165) is 0 Å². The lowest BCUT2D eigenvalue weighted by molar-refractivity contribution is -0.205. The van der Waals surface area contributed by atoms with Crippen molar-refractivity contribution < 1.29 is 28.5 Å². The van der Waals surface area contributed by atoms with Gasteiger partial charge in [0.05, 0.1) is 12.0 Å². The normalized spacial score (nSPS) is 28.6. The van der Waals surface area contributed by atoms with E-state index in [1.165, 1.54) is 13.3 Å². The molecule has 4 rings (SSSR count). The number of fused-ring (bicyclic) bond motifs is 2. The third-order valence-electron chi connectivity index (χ3n) is 5.24. The molecule has 13 heteroatoms. The summed E-state index contributed by atoms with van der Waals surface area (Å²) >= 11 is 5.67. The number of rotatable bonds is 6. The van der Waals surface area contributed by atoms with Crippen LogP contribution in [0.2, 0.25) is 0 Å². The molecular formula is C21H25ClN6O6. The molecule has 0 spiro atoms. The first-order valence-electron chi connectivity index (χ1n) is 10.5. The molecule has 0 aromatic carbocycles. The van der Waals surface area contributed by atoms with E-state index in [9.17, 15) is 10.1 Å². The van der Waals surface area contributed by atoms with Crippen molar-refractivity contribution in [1.82, 2.24) is 19.5 Å². The molecule has 0 amide bonds. The van der Waals surface area contributed by atoms with Gasteiger partial charge in [-0.1, -0.05) is 11.6 Å². The van der Waals surface area contributed by atoms with E-state index in [2.05, 4.69) is 21.1 Å². The van der Waals surface area contributed by atoms with Gasteiger partial charge in [0.15, 0.2) is 17.2 Å². The lowest BCUT2D eigenvalue weighted by Gasteiger charge is -2.28. The Kier molecular flexibility index (Phi) is 6.39. The highest BCUT2D eigenvalue weighted by Gasteiger charge is 2.65. The van der Waals surface area contributed by atoms with Gasteiger partial charge < -0.3 is 28.6 Å². The molecule has 2 aromatic rings. The van der Waals surface area contributed by atoms with E-state index in [1.807, 2.05) is 14.1 Å². The molecule has 0 saturated carbocycles. The minimum Gasteiger partial charge on any atom is -0.430 e. The van der Waals surface area contributed by atoms with Crippen LogP contribution in [-0.2, 0) is 23.7 Å². The van der Waals surface area contributed by atoms with Crippen molar-refractivity contribution in [2.75, 3.05) is 20.7 Å². The zero-order valence-electron chi connectivity index (χ0n) is 19.3. The molecule has 0 bridgehead atoms. The maximum atomic E-state index is 11.9. The number of carbonyl (C=O) groups excluding carboxylic acids is 1. The van der Waals surface area contributed by atoms with Crippen molar-refractivity contribution in [3.8, 4) is 6.07 Å². The lowest BCUT2D eigenvalue weighted by atomic mass is 9.96. The van der Waals surface area contributed by atoms with Crippen LogP contribution in [0.25, 0.3) is 5.52 Å². The number of alkyl halides is 1. The predicted molar refractivity (Wildman–Crippen MR) is 119 cm³/mol. The van der Waals surface area contributed by atoms with Crippen LogP contribution >= 0.6 is 11.6 Å². The van der Waals surface area contributed by atoms with Crippen molar-refractivity contribution in [2.24, 2.45) is 4.99 Å². The van der Waals surface area contributed by atoms with E-state index in [1.54, 1.807) is 41.7 Å². The Morgan fingerprint density at radius 1 is 1.41 bits per heavy atom. The number of ether oxygens (including phenoxy) is 5. The van der Waals surface area contributed by atoms with Crippen molar-refractivity contribution in [3.05, 3.63) is 24.2 Å². The summed E-state index contributed by atoms with van der Waals surface area (Å²) in [7, 11) is 3.70. The Morgan fingerprint density at radius 3 is 2.85 bits per heavy atom. The average Bonchev–Trinajstić information content (AvgIpc) is 3.40. The van der Waals surface area contributed by atoms with Crippen LogP contribution in [-0.4, -0.2) is 81.9 Å². The van der Waals surface area contributed by atoms with Crippen LogP contribution < -0.4 is 0 Å². The number of aliphatic imine (C=N–C) groups is 1. The molecule has 2 fully saturated rings. The standard InChI is InChI=1S/C21H25ClN6O6/c1-12(22)31-19(29)30-9-21(8-23)17-16(32-20(2,3)34-17)15(33-21)13-6-7-14-18(25-11-27(4)5)24-10-26-28(13)14/h6-7,10-12,15-17H,9H2,1-5H3/t12?,15-,16-,17-,21+/m0/s1. The molecule has 182 valence electrons. The molecule has 0 aliphatic carbocycles. The van der Waals surface area contributed by atoms with E-state index in [-0.39, 0.29) is 0 Å². The first-order chi connectivity index (χ1) is 16.0. The Hall–Kier alpha value is -2.98. The van der Waals surface area contributed by atoms with Crippen LogP contribution in [0.3, 0.4) is 0 Å². The number of nitriles is 1. The molecule has 2 aromatic heterocycles. The van der Waals surface area contributed by atoms with Crippen molar-refractivity contribution in [2.45, 2.75) is 56.0 Å². The van der Waals surface area contributed by atoms with Gasteiger partial charge in [0.1, 0.15) is 42.8 Å². The van der Waals surface area contributed by atoms with Crippen molar-refractivity contribution in [1.29, 1.82) is 5.26 Å². The van der Waals surface area contributed by atoms with Crippen molar-refractivity contribution >= 4 is 35.4 Å². The quantitative estimate of drug-likeness (QED) is 0.256. The van der Waals surface area contributed by atoms with Gasteiger partial charge in [-0.05, 0) is 32.9 Å². The second kappa shape index (κ2) is 8.99. The molecule has 0 N–H and O–H groups in total. The summed E-state index contributed by atoms with van der Waals surface area (Å²) in [5, 5.41) is 14.4. The average molecular weight is 493 g/mol. The van der Waals surface area contributed by atoms with Crippen LogP contribution in [0.4, 0.5) is 10.6 Å². The van der Waals surface area contributed by atoms with E-state index >= 15 is 0 Å². The zero-order valence-corrected chi connectivity index (χ0v) is 20.1. The fourth-order valence-corrected chi connectivity index (χ4v) is 4.03. The van der Waals surface area contributed by atoms with Gasteiger partial charge in [0.25, 0.3) is 0 Å². The molecule has 12 nitrogen and oxygen atoms in total. The second-order valence-electron chi connectivity index (χ2n) is 8.61. The van der Waals surface area contributed by atoms with E-state index < -0.39 is 48.0 Å². The zero-order chi connectivity index (χ0) is 24.7. The molecule has 1 unspecified atom stereocenters. The number of carbonyl (C=O) groups is 1. The van der Waals surface area contributed by atoms with E-state index in [0.29, 0.717) is 17.0 Å². The van der Waals surface area contributed by atoms with Crippen LogP contribution in [0.15, 0.2) is 23.5 Å². The summed E-state index contributed by atoms with van der Waals surface area (Å²) in [5.41, 5.74) is -1.30. The molecule has 2 saturated heterocycles. The SMILES string of the molecule is CC(Cl)OC(=O)OC[C@@]1(C#N)O[C@@H](c2ccc3c(N=CN(C)C)ncnn23)[C@@H]2OC(C)(C)O[C@@H]21. The molecule has 2 aliphatic rings. The van der Waals surface area contributed by atoms with Gasteiger partial charge in [0.2, 0.25) is 5.60 Å². The van der Waals surface area contributed by atoms with Gasteiger partial charge in [-0.15, -0.1) is 0 Å². The fourth-order valence-electron chi connectivity index (χ4n) is 3.96. The van der Waals surface area contributed by atoms with Crippen LogP contribution in [0.1, 0.15) is 32.6 Å². The Bertz CT molecular complexity index is 1140. The Labute approximate surface area is 201 Å². The Morgan fingerprint density at radius 2 is 2.18 bits per heavy atom. The summed E-state index contributed by atoms with van der Waals surface area (Å²) in [6, 6.07) is 5.72. The van der Waals surface area contributed by atoms with Gasteiger partial charge in [-0.25, -0.2) is 19.3 Å². The summed E-state index contributed by atoms with van der Waals surface area (Å²) in [5.74, 6) is -0.533.